The Bertz CT molecular complexity index is 743. The highest BCUT2D eigenvalue weighted by Crippen LogP contribution is 2.32. The molecule has 0 aliphatic rings. The highest BCUT2D eigenvalue weighted by atomic mass is 32.1. The molecule has 0 bridgehead atoms. The number of nitrogens with zero attached hydrogens (tertiary/aromatic N) is 1. The van der Waals surface area contributed by atoms with Gasteiger partial charge < -0.3 is 15.4 Å². The summed E-state index contributed by atoms with van der Waals surface area (Å²) in [7, 11) is 0. The summed E-state index contributed by atoms with van der Waals surface area (Å²) in [5.74, 6) is 0.819. The molecule has 7 heteroatoms. The lowest BCUT2D eigenvalue weighted by Crippen LogP contribution is -2.32. The molecule has 0 unspecified atom stereocenters. The maximum atomic E-state index is 12.0. The van der Waals surface area contributed by atoms with E-state index in [2.05, 4.69) is 29.5 Å². The monoisotopic (exact) mass is 375 g/mol. The van der Waals surface area contributed by atoms with Gasteiger partial charge >= 0.3 is 0 Å². The van der Waals surface area contributed by atoms with Gasteiger partial charge in [0.2, 0.25) is 11.8 Å². The van der Waals surface area contributed by atoms with E-state index in [0.29, 0.717) is 24.1 Å². The van der Waals surface area contributed by atoms with Gasteiger partial charge in [0.15, 0.2) is 5.13 Å². The first-order valence-electron chi connectivity index (χ1n) is 8.73. The van der Waals surface area contributed by atoms with Crippen molar-refractivity contribution in [2.75, 3.05) is 18.5 Å². The van der Waals surface area contributed by atoms with Gasteiger partial charge in [-0.2, -0.15) is 0 Å². The van der Waals surface area contributed by atoms with Crippen molar-refractivity contribution in [3.63, 3.8) is 0 Å². The van der Waals surface area contributed by atoms with Gasteiger partial charge in [0, 0.05) is 17.4 Å². The van der Waals surface area contributed by atoms with Crippen LogP contribution in [0.1, 0.15) is 33.6 Å². The number of nitrogens with one attached hydrogen (secondary N) is 2. The molecule has 2 rings (SSSR count). The van der Waals surface area contributed by atoms with Crippen LogP contribution in [0.3, 0.4) is 0 Å². The second-order valence-electron chi connectivity index (χ2n) is 6.22. The summed E-state index contributed by atoms with van der Waals surface area (Å²) in [6.07, 6.45) is 1.24. The van der Waals surface area contributed by atoms with E-state index >= 15 is 0 Å². The van der Waals surface area contributed by atoms with Crippen LogP contribution in [0.5, 0.6) is 5.75 Å². The first-order valence-corrected chi connectivity index (χ1v) is 9.61. The fourth-order valence-corrected chi connectivity index (χ4v) is 2.99. The number of hydrogen-bond acceptors (Lipinski definition) is 5. The van der Waals surface area contributed by atoms with Crippen LogP contribution in [-0.2, 0) is 9.59 Å². The van der Waals surface area contributed by atoms with Gasteiger partial charge in [-0.05, 0) is 31.4 Å². The molecular weight excluding hydrogens is 350 g/mol. The van der Waals surface area contributed by atoms with Crippen molar-refractivity contribution < 1.29 is 14.3 Å². The molecule has 0 radical (unpaired) electrons. The first-order chi connectivity index (χ1) is 12.5. The smallest absolute Gasteiger partial charge is 0.245 e. The SMILES string of the molecule is CCOc1ccccc1-c1csc(NC(=O)CNC(=O)CCC(C)C)n1. The third-order valence-electron chi connectivity index (χ3n) is 3.61. The van der Waals surface area contributed by atoms with Crippen molar-refractivity contribution >= 4 is 28.3 Å². The Hall–Kier alpha value is -2.41. The second-order valence-corrected chi connectivity index (χ2v) is 7.08. The third-order valence-corrected chi connectivity index (χ3v) is 4.37. The van der Waals surface area contributed by atoms with E-state index in [1.54, 1.807) is 0 Å². The Labute approximate surface area is 158 Å². The number of anilines is 1. The average molecular weight is 375 g/mol. The summed E-state index contributed by atoms with van der Waals surface area (Å²) in [6, 6.07) is 7.65. The lowest BCUT2D eigenvalue weighted by atomic mass is 10.1. The number of benzene rings is 1. The van der Waals surface area contributed by atoms with E-state index in [-0.39, 0.29) is 18.4 Å². The zero-order valence-corrected chi connectivity index (χ0v) is 16.2. The zero-order valence-electron chi connectivity index (χ0n) is 15.4. The summed E-state index contributed by atoms with van der Waals surface area (Å²) in [4.78, 5) is 28.1. The summed E-state index contributed by atoms with van der Waals surface area (Å²) in [6.45, 7) is 6.56. The molecule has 2 amide bonds. The molecular formula is C19H25N3O3S. The molecule has 0 aliphatic heterocycles. The minimum Gasteiger partial charge on any atom is -0.493 e. The van der Waals surface area contributed by atoms with Crippen LogP contribution >= 0.6 is 11.3 Å². The molecule has 6 nitrogen and oxygen atoms in total. The van der Waals surface area contributed by atoms with Crippen molar-refractivity contribution in [3.05, 3.63) is 29.6 Å². The average Bonchev–Trinajstić information content (AvgIpc) is 3.07. The Balaban J connectivity index is 1.90. The van der Waals surface area contributed by atoms with Crippen molar-refractivity contribution in [3.8, 4) is 17.0 Å². The number of thiazole rings is 1. The molecule has 0 atom stereocenters. The lowest BCUT2D eigenvalue weighted by molar-refractivity contribution is -0.124. The molecule has 1 aromatic carbocycles. The van der Waals surface area contributed by atoms with E-state index in [1.807, 2.05) is 36.6 Å². The molecule has 0 spiro atoms. The number of ether oxygens (including phenoxy) is 1. The minimum atomic E-state index is -0.290. The molecule has 2 N–H and O–H groups in total. The molecule has 140 valence electrons. The van der Waals surface area contributed by atoms with Crippen LogP contribution in [0.2, 0.25) is 0 Å². The fraction of sp³-hybridized carbons (Fsp3) is 0.421. The van der Waals surface area contributed by atoms with Crippen LogP contribution in [-0.4, -0.2) is 29.9 Å². The molecule has 0 fully saturated rings. The van der Waals surface area contributed by atoms with Crippen LogP contribution in [0.4, 0.5) is 5.13 Å². The quantitative estimate of drug-likeness (QED) is 0.700. The lowest BCUT2D eigenvalue weighted by Gasteiger charge is -2.08. The standard InChI is InChI=1S/C19H25N3O3S/c1-4-25-16-8-6-5-7-14(16)15-12-26-19(21-15)22-18(24)11-20-17(23)10-9-13(2)3/h5-8,12-13H,4,9-11H2,1-3H3,(H,20,23)(H,21,22,24). The van der Waals surface area contributed by atoms with Crippen LogP contribution in [0.15, 0.2) is 29.6 Å². The molecule has 1 heterocycles. The Morgan fingerprint density at radius 2 is 2.00 bits per heavy atom. The summed E-state index contributed by atoms with van der Waals surface area (Å²) in [5.41, 5.74) is 1.63. The zero-order chi connectivity index (χ0) is 18.9. The van der Waals surface area contributed by atoms with Crippen LogP contribution in [0.25, 0.3) is 11.3 Å². The molecule has 26 heavy (non-hydrogen) atoms. The number of amides is 2. The molecule has 2 aromatic rings. The van der Waals surface area contributed by atoms with E-state index in [1.165, 1.54) is 11.3 Å². The molecule has 1 aromatic heterocycles. The number of carbonyl (C=O) groups is 2. The number of carbonyl (C=O) groups excluding carboxylic acids is 2. The number of aromatic nitrogens is 1. The van der Waals surface area contributed by atoms with Gasteiger partial charge in [0.25, 0.3) is 0 Å². The summed E-state index contributed by atoms with van der Waals surface area (Å²) in [5, 5.41) is 7.71. The topological polar surface area (TPSA) is 80.3 Å². The first kappa shape index (κ1) is 19.9. The predicted octanol–water partition coefficient (Wildman–Crippen LogP) is 3.70. The Morgan fingerprint density at radius 3 is 2.73 bits per heavy atom. The van der Waals surface area contributed by atoms with Crippen LogP contribution < -0.4 is 15.4 Å². The van der Waals surface area contributed by atoms with E-state index in [9.17, 15) is 9.59 Å². The van der Waals surface area contributed by atoms with Crippen molar-refractivity contribution in [2.24, 2.45) is 5.92 Å². The largest absolute Gasteiger partial charge is 0.493 e. The van der Waals surface area contributed by atoms with Crippen molar-refractivity contribution in [1.29, 1.82) is 0 Å². The Morgan fingerprint density at radius 1 is 1.23 bits per heavy atom. The Kier molecular flexibility index (Phi) is 7.59. The van der Waals surface area contributed by atoms with Crippen molar-refractivity contribution in [2.45, 2.75) is 33.6 Å². The number of rotatable bonds is 9. The maximum Gasteiger partial charge on any atom is 0.245 e. The van der Waals surface area contributed by atoms with Gasteiger partial charge in [-0.15, -0.1) is 11.3 Å². The summed E-state index contributed by atoms with van der Waals surface area (Å²) < 4.78 is 5.62. The number of para-hydroxylation sites is 1. The fourth-order valence-electron chi connectivity index (χ4n) is 2.26. The van der Waals surface area contributed by atoms with E-state index in [0.717, 1.165) is 23.4 Å². The maximum absolute atomic E-state index is 12.0. The third kappa shape index (κ3) is 6.15. The highest BCUT2D eigenvalue weighted by Gasteiger charge is 2.12. The van der Waals surface area contributed by atoms with Gasteiger partial charge in [-0.1, -0.05) is 26.0 Å². The second kappa shape index (κ2) is 9.91. The van der Waals surface area contributed by atoms with Gasteiger partial charge in [0.1, 0.15) is 5.75 Å². The van der Waals surface area contributed by atoms with E-state index in [4.69, 9.17) is 4.74 Å². The van der Waals surface area contributed by atoms with Gasteiger partial charge in [0.05, 0.1) is 18.8 Å². The van der Waals surface area contributed by atoms with Gasteiger partial charge in [-0.25, -0.2) is 4.98 Å². The highest BCUT2D eigenvalue weighted by molar-refractivity contribution is 7.14. The number of hydrogen-bond donors (Lipinski definition) is 2. The van der Waals surface area contributed by atoms with Crippen molar-refractivity contribution in [1.82, 2.24) is 10.3 Å². The minimum absolute atomic E-state index is 0.0542. The summed E-state index contributed by atoms with van der Waals surface area (Å²) >= 11 is 1.34. The molecule has 0 aliphatic carbocycles. The molecule has 0 saturated heterocycles. The van der Waals surface area contributed by atoms with Gasteiger partial charge in [-0.3, -0.25) is 9.59 Å². The van der Waals surface area contributed by atoms with Crippen LogP contribution in [0, 0.1) is 5.92 Å². The normalized spacial score (nSPS) is 10.6. The van der Waals surface area contributed by atoms with E-state index < -0.39 is 0 Å². The predicted molar refractivity (Wildman–Crippen MR) is 104 cm³/mol. The molecule has 0 saturated carbocycles.